The summed E-state index contributed by atoms with van der Waals surface area (Å²) in [6.45, 7) is 2.11. The summed E-state index contributed by atoms with van der Waals surface area (Å²) in [5, 5.41) is 3.00. The van der Waals surface area contributed by atoms with Gasteiger partial charge in [-0.3, -0.25) is 4.79 Å². The molecule has 1 amide bonds. The minimum Gasteiger partial charge on any atom is -0.497 e. The van der Waals surface area contributed by atoms with Gasteiger partial charge >= 0.3 is 0 Å². The van der Waals surface area contributed by atoms with Crippen molar-refractivity contribution in [3.63, 3.8) is 0 Å². The quantitative estimate of drug-likeness (QED) is 0.226. The van der Waals surface area contributed by atoms with Crippen molar-refractivity contribution in [2.24, 2.45) is 0 Å². The lowest BCUT2D eigenvalue weighted by Gasteiger charge is -2.11. The first-order chi connectivity index (χ1) is 18.2. The zero-order valence-corrected chi connectivity index (χ0v) is 21.6. The number of hydrogen-bond acceptors (Lipinski definition) is 5. The summed E-state index contributed by atoms with van der Waals surface area (Å²) in [4.78, 5) is 17.3. The predicted molar refractivity (Wildman–Crippen MR) is 146 cm³/mol. The molecule has 0 aliphatic carbocycles. The number of aromatic nitrogens is 2. The molecule has 0 bridgehead atoms. The van der Waals surface area contributed by atoms with Crippen LogP contribution in [0.1, 0.15) is 41.9 Å². The molecule has 0 fully saturated rings. The van der Waals surface area contributed by atoms with E-state index in [-0.39, 0.29) is 5.91 Å². The highest BCUT2D eigenvalue weighted by Crippen LogP contribution is 2.20. The molecule has 37 heavy (non-hydrogen) atoms. The van der Waals surface area contributed by atoms with E-state index in [0.29, 0.717) is 24.5 Å². The molecule has 7 heteroatoms. The van der Waals surface area contributed by atoms with Crippen LogP contribution in [0.15, 0.2) is 72.8 Å². The molecule has 194 valence electrons. The molecule has 0 atom stereocenters. The Labute approximate surface area is 218 Å². The molecule has 4 rings (SSSR count). The molecule has 0 saturated carbocycles. The van der Waals surface area contributed by atoms with Crippen LogP contribution in [0.25, 0.3) is 11.0 Å². The SMILES string of the molecule is COc1ccc(OCCCn2c(CCCCCNC(=O)c3ccccc3OC)nc3ccccc32)cc1. The molecular formula is C30H35N3O4. The van der Waals surface area contributed by atoms with E-state index in [9.17, 15) is 4.79 Å². The van der Waals surface area contributed by atoms with Gasteiger partial charge in [-0.2, -0.15) is 0 Å². The lowest BCUT2D eigenvalue weighted by atomic mass is 10.1. The summed E-state index contributed by atoms with van der Waals surface area (Å²) in [7, 11) is 3.23. The Kier molecular flexibility index (Phi) is 9.41. The van der Waals surface area contributed by atoms with E-state index in [1.807, 2.05) is 42.5 Å². The molecule has 7 nitrogen and oxygen atoms in total. The van der Waals surface area contributed by atoms with Crippen molar-refractivity contribution in [1.82, 2.24) is 14.9 Å². The maximum Gasteiger partial charge on any atom is 0.255 e. The Morgan fingerprint density at radius 1 is 0.838 bits per heavy atom. The highest BCUT2D eigenvalue weighted by atomic mass is 16.5. The number of rotatable bonds is 14. The van der Waals surface area contributed by atoms with E-state index in [0.717, 1.165) is 67.0 Å². The monoisotopic (exact) mass is 501 g/mol. The van der Waals surface area contributed by atoms with Crippen molar-refractivity contribution in [2.45, 2.75) is 38.6 Å². The Morgan fingerprint density at radius 2 is 1.59 bits per heavy atom. The molecular weight excluding hydrogens is 466 g/mol. The van der Waals surface area contributed by atoms with Gasteiger partial charge in [0.05, 0.1) is 37.4 Å². The molecule has 0 aliphatic rings. The number of amides is 1. The van der Waals surface area contributed by atoms with E-state index in [2.05, 4.69) is 28.1 Å². The third kappa shape index (κ3) is 7.03. The second kappa shape index (κ2) is 13.3. The molecule has 1 heterocycles. The summed E-state index contributed by atoms with van der Waals surface area (Å²) in [5.41, 5.74) is 2.75. The number of methoxy groups -OCH3 is 2. The lowest BCUT2D eigenvalue weighted by molar-refractivity contribution is 0.0950. The number of unbranched alkanes of at least 4 members (excludes halogenated alkanes) is 2. The Hall–Kier alpha value is -4.00. The number of fused-ring (bicyclic) bond motifs is 1. The second-order valence-electron chi connectivity index (χ2n) is 8.81. The largest absolute Gasteiger partial charge is 0.497 e. The van der Waals surface area contributed by atoms with Crippen LogP contribution in [-0.4, -0.2) is 42.8 Å². The first-order valence-corrected chi connectivity index (χ1v) is 12.8. The molecule has 0 unspecified atom stereocenters. The van der Waals surface area contributed by atoms with Gasteiger partial charge in [0.1, 0.15) is 23.1 Å². The maximum absolute atomic E-state index is 12.4. The summed E-state index contributed by atoms with van der Waals surface area (Å²) >= 11 is 0. The topological polar surface area (TPSA) is 74.6 Å². The van der Waals surface area contributed by atoms with Crippen LogP contribution in [0, 0.1) is 0 Å². The van der Waals surface area contributed by atoms with E-state index < -0.39 is 0 Å². The highest BCUT2D eigenvalue weighted by Gasteiger charge is 2.12. The van der Waals surface area contributed by atoms with Gasteiger partial charge in [-0.05, 0) is 67.8 Å². The van der Waals surface area contributed by atoms with Crippen LogP contribution in [0.2, 0.25) is 0 Å². The van der Waals surface area contributed by atoms with Gasteiger partial charge in [0.25, 0.3) is 5.91 Å². The number of nitrogens with one attached hydrogen (secondary N) is 1. The van der Waals surface area contributed by atoms with Crippen molar-refractivity contribution < 1.29 is 19.0 Å². The Morgan fingerprint density at radius 3 is 2.41 bits per heavy atom. The average Bonchev–Trinajstić information content (AvgIpc) is 3.30. The summed E-state index contributed by atoms with van der Waals surface area (Å²) < 4.78 is 18.7. The zero-order valence-electron chi connectivity index (χ0n) is 21.6. The van der Waals surface area contributed by atoms with Crippen LogP contribution >= 0.6 is 0 Å². The summed E-state index contributed by atoms with van der Waals surface area (Å²) in [5.74, 6) is 3.25. The fourth-order valence-electron chi connectivity index (χ4n) is 4.36. The molecule has 0 spiro atoms. The molecule has 1 N–H and O–H groups in total. The van der Waals surface area contributed by atoms with Crippen molar-refractivity contribution in [2.75, 3.05) is 27.4 Å². The van der Waals surface area contributed by atoms with Gasteiger partial charge < -0.3 is 24.1 Å². The normalized spacial score (nSPS) is 10.9. The minimum absolute atomic E-state index is 0.101. The van der Waals surface area contributed by atoms with Gasteiger partial charge in [0, 0.05) is 19.5 Å². The Balaban J connectivity index is 1.24. The van der Waals surface area contributed by atoms with E-state index >= 15 is 0 Å². The first-order valence-electron chi connectivity index (χ1n) is 12.8. The smallest absolute Gasteiger partial charge is 0.255 e. The standard InChI is InChI=1S/C30H35N3O4/c1-35-23-16-18-24(19-17-23)37-22-10-21-33-27-13-7-6-12-26(27)32-29(33)15-4-3-9-20-31-30(34)25-11-5-8-14-28(25)36-2/h5-8,11-14,16-19H,3-4,9-10,15,20-22H2,1-2H3,(H,31,34). The number of carbonyl (C=O) groups is 1. The molecule has 1 aromatic heterocycles. The average molecular weight is 502 g/mol. The third-order valence-electron chi connectivity index (χ3n) is 6.30. The van der Waals surface area contributed by atoms with Gasteiger partial charge in [0.2, 0.25) is 0 Å². The Bertz CT molecular complexity index is 1280. The van der Waals surface area contributed by atoms with Gasteiger partial charge in [-0.25, -0.2) is 4.98 Å². The van der Waals surface area contributed by atoms with Crippen LogP contribution in [0.4, 0.5) is 0 Å². The van der Waals surface area contributed by atoms with Crippen molar-refractivity contribution in [1.29, 1.82) is 0 Å². The number of hydrogen-bond donors (Lipinski definition) is 1. The second-order valence-corrected chi connectivity index (χ2v) is 8.81. The predicted octanol–water partition coefficient (Wildman–Crippen LogP) is 5.67. The van der Waals surface area contributed by atoms with E-state index in [1.54, 1.807) is 26.4 Å². The summed E-state index contributed by atoms with van der Waals surface area (Å²) in [6.07, 6.45) is 4.71. The van der Waals surface area contributed by atoms with Crippen LogP contribution in [-0.2, 0) is 13.0 Å². The number of carbonyl (C=O) groups excluding carboxylic acids is 1. The number of imidazole rings is 1. The van der Waals surface area contributed by atoms with Crippen LogP contribution in [0.5, 0.6) is 17.2 Å². The fourth-order valence-corrected chi connectivity index (χ4v) is 4.36. The van der Waals surface area contributed by atoms with E-state index in [1.165, 1.54) is 0 Å². The molecule has 0 radical (unpaired) electrons. The first kappa shape index (κ1) is 26.1. The van der Waals surface area contributed by atoms with Crippen molar-refractivity contribution >= 4 is 16.9 Å². The number of benzene rings is 3. The number of aryl methyl sites for hydroxylation is 2. The molecule has 0 saturated heterocycles. The fraction of sp³-hybridized carbons (Fsp3) is 0.333. The maximum atomic E-state index is 12.4. The van der Waals surface area contributed by atoms with Gasteiger partial charge in [-0.1, -0.05) is 30.7 Å². The van der Waals surface area contributed by atoms with E-state index in [4.69, 9.17) is 19.2 Å². The molecule has 0 aliphatic heterocycles. The minimum atomic E-state index is -0.101. The van der Waals surface area contributed by atoms with Gasteiger partial charge in [0.15, 0.2) is 0 Å². The number of nitrogens with zero attached hydrogens (tertiary/aromatic N) is 2. The number of ether oxygens (including phenoxy) is 3. The van der Waals surface area contributed by atoms with Crippen molar-refractivity contribution in [3.8, 4) is 17.2 Å². The highest BCUT2D eigenvalue weighted by molar-refractivity contribution is 5.96. The van der Waals surface area contributed by atoms with Gasteiger partial charge in [-0.15, -0.1) is 0 Å². The number of para-hydroxylation sites is 3. The molecule has 3 aromatic carbocycles. The summed E-state index contributed by atoms with van der Waals surface area (Å²) in [6, 6.07) is 23.2. The third-order valence-corrected chi connectivity index (χ3v) is 6.30. The lowest BCUT2D eigenvalue weighted by Crippen LogP contribution is -2.24. The molecule has 4 aromatic rings. The van der Waals surface area contributed by atoms with Crippen LogP contribution in [0.3, 0.4) is 0 Å². The van der Waals surface area contributed by atoms with Crippen molar-refractivity contribution in [3.05, 3.63) is 84.2 Å². The van der Waals surface area contributed by atoms with Crippen LogP contribution < -0.4 is 19.5 Å². The zero-order chi connectivity index (χ0) is 25.9.